The van der Waals surface area contributed by atoms with Crippen LogP contribution in [0.5, 0.6) is 0 Å². The van der Waals surface area contributed by atoms with E-state index in [0.717, 1.165) is 24.9 Å². The molecule has 1 saturated heterocycles. The van der Waals surface area contributed by atoms with Gasteiger partial charge in [-0.05, 0) is 37.1 Å². The van der Waals surface area contributed by atoms with Crippen LogP contribution in [0.3, 0.4) is 0 Å². The Bertz CT molecular complexity index is 455. The highest BCUT2D eigenvalue weighted by Crippen LogP contribution is 2.37. The van der Waals surface area contributed by atoms with Gasteiger partial charge >= 0.3 is 0 Å². The SMILES string of the molecule is O=C1CC(C2CCCN2)c2ccc(F)cc2N1. The lowest BCUT2D eigenvalue weighted by molar-refractivity contribution is -0.117. The van der Waals surface area contributed by atoms with Gasteiger partial charge in [0.1, 0.15) is 5.82 Å². The number of hydrogen-bond donors (Lipinski definition) is 2. The second-order valence-corrected chi connectivity index (χ2v) is 4.79. The van der Waals surface area contributed by atoms with Gasteiger partial charge in [-0.1, -0.05) is 6.07 Å². The number of nitrogens with one attached hydrogen (secondary N) is 2. The Labute approximate surface area is 99.4 Å². The van der Waals surface area contributed by atoms with Gasteiger partial charge in [-0.25, -0.2) is 4.39 Å². The number of anilines is 1. The summed E-state index contributed by atoms with van der Waals surface area (Å²) in [6, 6.07) is 5.03. The summed E-state index contributed by atoms with van der Waals surface area (Å²) in [6.45, 7) is 1.01. The van der Waals surface area contributed by atoms with Crippen LogP contribution in [0, 0.1) is 5.82 Å². The normalized spacial score (nSPS) is 27.7. The second kappa shape index (κ2) is 4.11. The molecule has 2 aliphatic rings. The van der Waals surface area contributed by atoms with E-state index in [0.29, 0.717) is 18.2 Å². The van der Waals surface area contributed by atoms with Crippen molar-refractivity contribution in [3.63, 3.8) is 0 Å². The first-order chi connectivity index (χ1) is 8.24. The minimum absolute atomic E-state index is 0.0122. The molecule has 3 nitrogen and oxygen atoms in total. The summed E-state index contributed by atoms with van der Waals surface area (Å²) in [5, 5.41) is 6.18. The molecule has 2 N–H and O–H groups in total. The van der Waals surface area contributed by atoms with Crippen molar-refractivity contribution in [1.29, 1.82) is 0 Å². The van der Waals surface area contributed by atoms with E-state index < -0.39 is 0 Å². The molecular formula is C13H15FN2O. The van der Waals surface area contributed by atoms with Crippen LogP contribution in [0.15, 0.2) is 18.2 Å². The van der Waals surface area contributed by atoms with E-state index in [4.69, 9.17) is 0 Å². The zero-order valence-electron chi connectivity index (χ0n) is 9.50. The number of carbonyl (C=O) groups is 1. The molecule has 0 spiro atoms. The molecule has 17 heavy (non-hydrogen) atoms. The van der Waals surface area contributed by atoms with E-state index in [1.807, 2.05) is 0 Å². The van der Waals surface area contributed by atoms with Gasteiger partial charge in [0, 0.05) is 24.1 Å². The lowest BCUT2D eigenvalue weighted by atomic mass is 9.84. The van der Waals surface area contributed by atoms with Gasteiger partial charge in [0.15, 0.2) is 0 Å². The van der Waals surface area contributed by atoms with Crippen LogP contribution in [-0.2, 0) is 4.79 Å². The largest absolute Gasteiger partial charge is 0.326 e. The van der Waals surface area contributed by atoms with Crippen LogP contribution >= 0.6 is 0 Å². The van der Waals surface area contributed by atoms with Crippen LogP contribution in [0.1, 0.15) is 30.7 Å². The molecule has 0 bridgehead atoms. The van der Waals surface area contributed by atoms with Crippen molar-refractivity contribution in [1.82, 2.24) is 5.32 Å². The zero-order valence-corrected chi connectivity index (χ0v) is 9.50. The van der Waals surface area contributed by atoms with Crippen molar-refractivity contribution in [2.75, 3.05) is 11.9 Å². The highest BCUT2D eigenvalue weighted by Gasteiger charge is 2.32. The smallest absolute Gasteiger partial charge is 0.225 e. The molecule has 2 atom stereocenters. The van der Waals surface area contributed by atoms with Crippen molar-refractivity contribution in [2.45, 2.75) is 31.2 Å². The maximum absolute atomic E-state index is 13.2. The third-order valence-corrected chi connectivity index (χ3v) is 3.68. The number of rotatable bonds is 1. The fourth-order valence-corrected chi connectivity index (χ4v) is 2.88. The summed E-state index contributed by atoms with van der Waals surface area (Å²) < 4.78 is 13.2. The number of amides is 1. The Hall–Kier alpha value is -1.42. The molecule has 3 rings (SSSR count). The monoisotopic (exact) mass is 234 g/mol. The summed E-state index contributed by atoms with van der Waals surface area (Å²) in [5.41, 5.74) is 1.70. The van der Waals surface area contributed by atoms with Crippen LogP contribution in [0.25, 0.3) is 0 Å². The van der Waals surface area contributed by atoms with Crippen molar-refractivity contribution in [2.24, 2.45) is 0 Å². The lowest BCUT2D eigenvalue weighted by Gasteiger charge is -2.30. The van der Waals surface area contributed by atoms with Crippen LogP contribution < -0.4 is 10.6 Å². The van der Waals surface area contributed by atoms with E-state index in [1.54, 1.807) is 6.07 Å². The predicted octanol–water partition coefficient (Wildman–Crippen LogP) is 2.00. The average molecular weight is 234 g/mol. The summed E-state index contributed by atoms with van der Waals surface area (Å²) >= 11 is 0. The second-order valence-electron chi connectivity index (χ2n) is 4.79. The van der Waals surface area contributed by atoms with Gasteiger partial charge in [-0.15, -0.1) is 0 Å². The van der Waals surface area contributed by atoms with Crippen molar-refractivity contribution in [3.8, 4) is 0 Å². The molecule has 2 unspecified atom stereocenters. The molecule has 0 radical (unpaired) electrons. The Morgan fingerprint density at radius 2 is 2.24 bits per heavy atom. The third-order valence-electron chi connectivity index (χ3n) is 3.68. The molecule has 1 aromatic carbocycles. The summed E-state index contributed by atoms with van der Waals surface area (Å²) in [6.07, 6.45) is 2.74. The summed E-state index contributed by atoms with van der Waals surface area (Å²) in [4.78, 5) is 11.6. The Balaban J connectivity index is 1.98. The van der Waals surface area contributed by atoms with Crippen molar-refractivity contribution < 1.29 is 9.18 Å². The van der Waals surface area contributed by atoms with Crippen molar-refractivity contribution in [3.05, 3.63) is 29.6 Å². The van der Waals surface area contributed by atoms with Crippen molar-refractivity contribution >= 4 is 11.6 Å². The van der Waals surface area contributed by atoms with E-state index in [2.05, 4.69) is 10.6 Å². The van der Waals surface area contributed by atoms with Gasteiger partial charge in [0.05, 0.1) is 0 Å². The first-order valence-corrected chi connectivity index (χ1v) is 6.07. The fourth-order valence-electron chi connectivity index (χ4n) is 2.88. The van der Waals surface area contributed by atoms with Crippen LogP contribution in [0.4, 0.5) is 10.1 Å². The number of hydrogen-bond acceptors (Lipinski definition) is 2. The molecule has 1 fully saturated rings. The minimum Gasteiger partial charge on any atom is -0.326 e. The van der Waals surface area contributed by atoms with Crippen LogP contribution in [-0.4, -0.2) is 18.5 Å². The standard InChI is InChI=1S/C13H15FN2O/c14-8-3-4-9-10(11-2-1-5-15-11)7-13(17)16-12(9)6-8/h3-4,6,10-11,15H,1-2,5,7H2,(H,16,17). The lowest BCUT2D eigenvalue weighted by Crippen LogP contribution is -2.35. The quantitative estimate of drug-likeness (QED) is 0.780. The van der Waals surface area contributed by atoms with E-state index in [1.165, 1.54) is 12.1 Å². The molecule has 1 amide bonds. The third kappa shape index (κ3) is 1.93. The highest BCUT2D eigenvalue weighted by molar-refractivity contribution is 5.94. The molecule has 4 heteroatoms. The molecule has 2 heterocycles. The molecule has 0 aromatic heterocycles. The number of carbonyl (C=O) groups excluding carboxylic acids is 1. The van der Waals surface area contributed by atoms with Gasteiger partial charge in [0.2, 0.25) is 5.91 Å². The number of benzene rings is 1. The number of fused-ring (bicyclic) bond motifs is 1. The topological polar surface area (TPSA) is 41.1 Å². The average Bonchev–Trinajstić information content (AvgIpc) is 2.80. The molecule has 0 saturated carbocycles. The fraction of sp³-hybridized carbons (Fsp3) is 0.462. The Morgan fingerprint density at radius 1 is 1.35 bits per heavy atom. The molecular weight excluding hydrogens is 219 g/mol. The summed E-state index contributed by atoms with van der Waals surface area (Å²) in [5.74, 6) is -0.132. The van der Waals surface area contributed by atoms with Gasteiger partial charge in [-0.2, -0.15) is 0 Å². The minimum atomic E-state index is -0.302. The molecule has 0 aliphatic carbocycles. The van der Waals surface area contributed by atoms with Gasteiger partial charge in [-0.3, -0.25) is 4.79 Å². The van der Waals surface area contributed by atoms with Crippen LogP contribution in [0.2, 0.25) is 0 Å². The maximum atomic E-state index is 13.2. The van der Waals surface area contributed by atoms with E-state index in [-0.39, 0.29) is 17.6 Å². The first kappa shape index (κ1) is 10.7. The zero-order chi connectivity index (χ0) is 11.8. The maximum Gasteiger partial charge on any atom is 0.225 e. The van der Waals surface area contributed by atoms with E-state index >= 15 is 0 Å². The number of halogens is 1. The Kier molecular flexibility index (Phi) is 2.59. The first-order valence-electron chi connectivity index (χ1n) is 6.07. The molecule has 1 aromatic rings. The Morgan fingerprint density at radius 3 is 3.00 bits per heavy atom. The molecule has 2 aliphatic heterocycles. The van der Waals surface area contributed by atoms with E-state index in [9.17, 15) is 9.18 Å². The van der Waals surface area contributed by atoms with Gasteiger partial charge in [0.25, 0.3) is 0 Å². The van der Waals surface area contributed by atoms with Gasteiger partial charge < -0.3 is 10.6 Å². The summed E-state index contributed by atoms with van der Waals surface area (Å²) in [7, 11) is 0. The predicted molar refractivity (Wildman–Crippen MR) is 63.4 cm³/mol. The highest BCUT2D eigenvalue weighted by atomic mass is 19.1. The molecule has 90 valence electrons.